The van der Waals surface area contributed by atoms with Gasteiger partial charge in [0, 0.05) is 18.9 Å². The van der Waals surface area contributed by atoms with E-state index in [-0.39, 0.29) is 17.9 Å². The number of aliphatic hydroxyl groups excluding tert-OH is 1. The Morgan fingerprint density at radius 1 is 1.21 bits per heavy atom. The van der Waals surface area contributed by atoms with Crippen molar-refractivity contribution < 1.29 is 23.5 Å². The minimum Gasteiger partial charge on any atom is -0.503 e. The number of ketones is 1. The van der Waals surface area contributed by atoms with Crippen LogP contribution in [0.3, 0.4) is 0 Å². The summed E-state index contributed by atoms with van der Waals surface area (Å²) < 4.78 is 18.9. The smallest absolute Gasteiger partial charge is 0.290 e. The van der Waals surface area contributed by atoms with Gasteiger partial charge in [-0.25, -0.2) is 4.39 Å². The van der Waals surface area contributed by atoms with E-state index in [1.165, 1.54) is 35.2 Å². The van der Waals surface area contributed by atoms with Crippen LogP contribution in [0.2, 0.25) is 0 Å². The van der Waals surface area contributed by atoms with E-state index in [9.17, 15) is 19.1 Å². The van der Waals surface area contributed by atoms with Crippen molar-refractivity contribution in [2.45, 2.75) is 19.5 Å². The van der Waals surface area contributed by atoms with Gasteiger partial charge in [0.2, 0.25) is 5.78 Å². The first-order chi connectivity index (χ1) is 14.0. The van der Waals surface area contributed by atoms with E-state index in [2.05, 4.69) is 4.98 Å². The Balaban J connectivity index is 1.79. The van der Waals surface area contributed by atoms with Crippen molar-refractivity contribution in [2.24, 2.45) is 0 Å². The number of nitrogens with zero attached hydrogens (tertiary/aromatic N) is 2. The van der Waals surface area contributed by atoms with Gasteiger partial charge in [0.15, 0.2) is 11.5 Å². The molecule has 1 aliphatic rings. The van der Waals surface area contributed by atoms with E-state index < -0.39 is 29.3 Å². The standard InChI is InChI=1S/C22H17FN2O4/c1-13-4-9-17(29-13)20(26)18-19(15-5-7-16(23)8-6-15)25(22(28)21(18)27)12-14-3-2-10-24-11-14/h2-11,19,27H,12H2,1H3/t19-/m0/s1. The van der Waals surface area contributed by atoms with Gasteiger partial charge in [-0.1, -0.05) is 18.2 Å². The van der Waals surface area contributed by atoms with Gasteiger partial charge in [0.05, 0.1) is 11.6 Å². The Hall–Kier alpha value is -3.74. The molecule has 1 aliphatic heterocycles. The summed E-state index contributed by atoms with van der Waals surface area (Å²) in [6, 6.07) is 11.2. The molecule has 4 rings (SSSR count). The van der Waals surface area contributed by atoms with Crippen molar-refractivity contribution in [3.05, 3.63) is 101 Å². The maximum atomic E-state index is 13.5. The first-order valence-electron chi connectivity index (χ1n) is 8.95. The summed E-state index contributed by atoms with van der Waals surface area (Å²) in [5.41, 5.74) is 1.13. The minimum absolute atomic E-state index is 0.0205. The molecule has 2 aromatic heterocycles. The maximum absolute atomic E-state index is 13.5. The molecule has 3 heterocycles. The van der Waals surface area contributed by atoms with Crippen LogP contribution in [0.15, 0.2) is 76.7 Å². The van der Waals surface area contributed by atoms with Crippen molar-refractivity contribution in [3.63, 3.8) is 0 Å². The highest BCUT2D eigenvalue weighted by atomic mass is 19.1. The van der Waals surface area contributed by atoms with Crippen LogP contribution in [-0.2, 0) is 11.3 Å². The Kier molecular flexibility index (Phi) is 4.72. The summed E-state index contributed by atoms with van der Waals surface area (Å²) in [5, 5.41) is 10.6. The summed E-state index contributed by atoms with van der Waals surface area (Å²) in [6.45, 7) is 1.81. The van der Waals surface area contributed by atoms with E-state index in [4.69, 9.17) is 4.42 Å². The summed E-state index contributed by atoms with van der Waals surface area (Å²) in [7, 11) is 0. The molecule has 6 nitrogen and oxygen atoms in total. The number of aromatic nitrogens is 1. The lowest BCUT2D eigenvalue weighted by Crippen LogP contribution is -2.30. The summed E-state index contributed by atoms with van der Waals surface area (Å²) >= 11 is 0. The molecule has 29 heavy (non-hydrogen) atoms. The quantitative estimate of drug-likeness (QED) is 0.666. The zero-order valence-corrected chi connectivity index (χ0v) is 15.5. The average molecular weight is 392 g/mol. The Morgan fingerprint density at radius 2 is 1.97 bits per heavy atom. The maximum Gasteiger partial charge on any atom is 0.290 e. The van der Waals surface area contributed by atoms with E-state index in [0.29, 0.717) is 11.3 Å². The lowest BCUT2D eigenvalue weighted by atomic mass is 9.95. The van der Waals surface area contributed by atoms with Crippen molar-refractivity contribution in [2.75, 3.05) is 0 Å². The van der Waals surface area contributed by atoms with Crippen LogP contribution in [-0.4, -0.2) is 26.7 Å². The van der Waals surface area contributed by atoms with Crippen LogP contribution in [0.5, 0.6) is 0 Å². The van der Waals surface area contributed by atoms with Crippen LogP contribution < -0.4 is 0 Å². The minimum atomic E-state index is -0.888. The number of pyridine rings is 1. The van der Waals surface area contributed by atoms with Crippen molar-refractivity contribution >= 4 is 11.7 Å². The van der Waals surface area contributed by atoms with Crippen LogP contribution >= 0.6 is 0 Å². The molecule has 0 fully saturated rings. The van der Waals surface area contributed by atoms with Gasteiger partial charge in [0.1, 0.15) is 11.6 Å². The highest BCUT2D eigenvalue weighted by Crippen LogP contribution is 2.40. The first kappa shape index (κ1) is 18.6. The number of furan rings is 1. The SMILES string of the molecule is Cc1ccc(C(=O)C2=C(O)C(=O)N(Cc3cccnc3)[C@H]2c2ccc(F)cc2)o1. The molecule has 0 bridgehead atoms. The third-order valence-corrected chi connectivity index (χ3v) is 4.77. The molecule has 0 aliphatic carbocycles. The largest absolute Gasteiger partial charge is 0.503 e. The number of aryl methyl sites for hydroxylation is 1. The molecule has 0 saturated carbocycles. The second kappa shape index (κ2) is 7.35. The summed E-state index contributed by atoms with van der Waals surface area (Å²) in [6.07, 6.45) is 3.21. The van der Waals surface area contributed by atoms with E-state index in [0.717, 1.165) is 5.56 Å². The number of halogens is 1. The fourth-order valence-corrected chi connectivity index (χ4v) is 3.42. The molecular formula is C22H17FN2O4. The van der Waals surface area contributed by atoms with Crippen LogP contribution in [0.25, 0.3) is 0 Å². The molecule has 1 atom stereocenters. The van der Waals surface area contributed by atoms with Crippen molar-refractivity contribution in [1.82, 2.24) is 9.88 Å². The average Bonchev–Trinajstić information content (AvgIpc) is 3.26. The predicted octanol–water partition coefficient (Wildman–Crippen LogP) is 3.90. The van der Waals surface area contributed by atoms with Gasteiger partial charge < -0.3 is 14.4 Å². The molecule has 3 aromatic rings. The zero-order valence-electron chi connectivity index (χ0n) is 15.5. The van der Waals surface area contributed by atoms with Crippen LogP contribution in [0, 0.1) is 12.7 Å². The highest BCUT2D eigenvalue weighted by Gasteiger charge is 2.44. The lowest BCUT2D eigenvalue weighted by Gasteiger charge is -2.26. The molecular weight excluding hydrogens is 375 g/mol. The number of hydrogen-bond acceptors (Lipinski definition) is 5. The van der Waals surface area contributed by atoms with Gasteiger partial charge >= 0.3 is 0 Å². The normalized spacial score (nSPS) is 16.6. The van der Waals surface area contributed by atoms with Gasteiger partial charge in [-0.3, -0.25) is 14.6 Å². The molecule has 0 saturated heterocycles. The molecule has 0 spiro atoms. The second-order valence-electron chi connectivity index (χ2n) is 6.75. The summed E-state index contributed by atoms with van der Waals surface area (Å²) in [4.78, 5) is 31.3. The Morgan fingerprint density at radius 3 is 2.59 bits per heavy atom. The zero-order chi connectivity index (χ0) is 20.5. The molecule has 1 amide bonds. The first-order valence-corrected chi connectivity index (χ1v) is 8.95. The number of Topliss-reactive ketones (excluding diaryl/α,β-unsaturated/α-hetero) is 1. The number of carbonyl (C=O) groups is 2. The van der Waals surface area contributed by atoms with Gasteiger partial charge in [-0.05, 0) is 48.4 Å². The van der Waals surface area contributed by atoms with E-state index in [1.807, 2.05) is 0 Å². The molecule has 7 heteroatoms. The lowest BCUT2D eigenvalue weighted by molar-refractivity contribution is -0.130. The third kappa shape index (κ3) is 3.42. The number of aliphatic hydroxyl groups is 1. The number of carbonyl (C=O) groups excluding carboxylic acids is 2. The number of hydrogen-bond donors (Lipinski definition) is 1. The Labute approximate surface area is 165 Å². The molecule has 1 N–H and O–H groups in total. The fraction of sp³-hybridized carbons (Fsp3) is 0.136. The van der Waals surface area contributed by atoms with Gasteiger partial charge in [-0.2, -0.15) is 0 Å². The van der Waals surface area contributed by atoms with Crippen molar-refractivity contribution in [1.29, 1.82) is 0 Å². The van der Waals surface area contributed by atoms with Gasteiger partial charge in [0.25, 0.3) is 5.91 Å². The van der Waals surface area contributed by atoms with Gasteiger partial charge in [-0.15, -0.1) is 0 Å². The van der Waals surface area contributed by atoms with E-state index in [1.54, 1.807) is 37.5 Å². The van der Waals surface area contributed by atoms with Crippen molar-refractivity contribution in [3.8, 4) is 0 Å². The fourth-order valence-electron chi connectivity index (χ4n) is 3.42. The number of amides is 1. The summed E-state index contributed by atoms with van der Waals surface area (Å²) in [5.74, 6) is -1.81. The second-order valence-corrected chi connectivity index (χ2v) is 6.75. The van der Waals surface area contributed by atoms with Crippen LogP contribution in [0.4, 0.5) is 4.39 Å². The number of rotatable bonds is 5. The van der Waals surface area contributed by atoms with E-state index >= 15 is 0 Å². The number of benzene rings is 1. The molecule has 1 aromatic carbocycles. The monoisotopic (exact) mass is 392 g/mol. The molecule has 0 radical (unpaired) electrons. The third-order valence-electron chi connectivity index (χ3n) is 4.77. The molecule has 0 unspecified atom stereocenters. The topological polar surface area (TPSA) is 83.6 Å². The van der Waals surface area contributed by atoms with Crippen LogP contribution in [0.1, 0.15) is 33.5 Å². The predicted molar refractivity (Wildman–Crippen MR) is 101 cm³/mol. The molecule has 146 valence electrons. The highest BCUT2D eigenvalue weighted by molar-refractivity contribution is 6.15. The Bertz CT molecular complexity index is 1100.